The number of rotatable bonds is 2. The van der Waals surface area contributed by atoms with E-state index in [1.165, 1.54) is 5.39 Å². The molecule has 0 saturated heterocycles. The van der Waals surface area contributed by atoms with E-state index in [9.17, 15) is 9.59 Å². The summed E-state index contributed by atoms with van der Waals surface area (Å²) in [5.41, 5.74) is 2.37. The molecule has 0 bridgehead atoms. The molecule has 3 nitrogen and oxygen atoms in total. The van der Waals surface area contributed by atoms with Crippen LogP contribution >= 0.6 is 11.3 Å². The first-order valence-electron chi connectivity index (χ1n) is 9.69. The Morgan fingerprint density at radius 3 is 2.03 bits per heavy atom. The molecule has 30 heavy (non-hydrogen) atoms. The lowest BCUT2D eigenvalue weighted by Gasteiger charge is -2.00. The van der Waals surface area contributed by atoms with Crippen LogP contribution in [0, 0.1) is 0 Å². The van der Waals surface area contributed by atoms with Crippen molar-refractivity contribution in [3.63, 3.8) is 0 Å². The van der Waals surface area contributed by atoms with E-state index >= 15 is 0 Å². The Balaban J connectivity index is 1.41. The molecule has 1 aliphatic carbocycles. The first-order chi connectivity index (χ1) is 14.7. The molecule has 1 aliphatic rings. The average Bonchev–Trinajstić information content (AvgIpc) is 3.47. The minimum Gasteiger partial charge on any atom is -0.308 e. The van der Waals surface area contributed by atoms with Crippen molar-refractivity contribution in [2.24, 2.45) is 0 Å². The van der Waals surface area contributed by atoms with Crippen molar-refractivity contribution in [3.8, 4) is 5.00 Å². The highest BCUT2D eigenvalue weighted by Gasteiger charge is 2.33. The second-order valence-electron chi connectivity index (χ2n) is 7.38. The van der Waals surface area contributed by atoms with Gasteiger partial charge in [0.15, 0.2) is 11.6 Å². The Bertz CT molecular complexity index is 1480. The van der Waals surface area contributed by atoms with Crippen molar-refractivity contribution >= 4 is 50.7 Å². The van der Waals surface area contributed by atoms with Gasteiger partial charge in [-0.3, -0.25) is 9.59 Å². The topological polar surface area (TPSA) is 39.1 Å². The number of thiophene rings is 1. The number of hydrogen-bond donors (Lipinski definition) is 0. The molecule has 0 radical (unpaired) electrons. The van der Waals surface area contributed by atoms with Crippen LogP contribution in [0.25, 0.3) is 32.8 Å². The van der Waals surface area contributed by atoms with Gasteiger partial charge in [0.05, 0.1) is 11.1 Å². The van der Waals surface area contributed by atoms with Crippen LogP contribution in [0.3, 0.4) is 0 Å². The second-order valence-corrected chi connectivity index (χ2v) is 8.48. The molecule has 6 rings (SSSR count). The monoisotopic (exact) mass is 405 g/mol. The van der Waals surface area contributed by atoms with Crippen molar-refractivity contribution < 1.29 is 9.59 Å². The van der Waals surface area contributed by atoms with Crippen molar-refractivity contribution in [2.75, 3.05) is 0 Å². The highest BCUT2D eigenvalue weighted by molar-refractivity contribution is 7.15. The van der Waals surface area contributed by atoms with Crippen LogP contribution < -0.4 is 0 Å². The number of fused-ring (bicyclic) bond motifs is 3. The summed E-state index contributed by atoms with van der Waals surface area (Å²) in [6, 6.07) is 25.7. The van der Waals surface area contributed by atoms with Gasteiger partial charge in [-0.25, -0.2) is 0 Å². The summed E-state index contributed by atoms with van der Waals surface area (Å²) in [7, 11) is 0. The smallest absolute Gasteiger partial charge is 0.197 e. The van der Waals surface area contributed by atoms with Crippen LogP contribution in [0.5, 0.6) is 0 Å². The van der Waals surface area contributed by atoms with Crippen molar-refractivity contribution in [1.82, 2.24) is 4.57 Å². The molecule has 0 fully saturated rings. The quantitative estimate of drug-likeness (QED) is 0.255. The van der Waals surface area contributed by atoms with Crippen molar-refractivity contribution in [1.29, 1.82) is 0 Å². The van der Waals surface area contributed by atoms with E-state index in [1.54, 1.807) is 17.4 Å². The Morgan fingerprint density at radius 2 is 1.33 bits per heavy atom. The molecule has 5 aromatic rings. The van der Waals surface area contributed by atoms with E-state index < -0.39 is 0 Å². The third kappa shape index (κ3) is 2.51. The third-order valence-corrected chi connectivity index (χ3v) is 6.63. The maximum absolute atomic E-state index is 13.0. The lowest BCUT2D eigenvalue weighted by atomic mass is 10.0. The average molecular weight is 405 g/mol. The summed E-state index contributed by atoms with van der Waals surface area (Å²) < 4.78 is 2.13. The summed E-state index contributed by atoms with van der Waals surface area (Å²) in [5, 5.41) is 4.16. The number of ketones is 2. The fourth-order valence-corrected chi connectivity index (χ4v) is 5.06. The molecule has 142 valence electrons. The first kappa shape index (κ1) is 17.1. The van der Waals surface area contributed by atoms with E-state index in [2.05, 4.69) is 22.8 Å². The Morgan fingerprint density at radius 1 is 0.700 bits per heavy atom. The van der Waals surface area contributed by atoms with Gasteiger partial charge in [0.2, 0.25) is 0 Å². The maximum Gasteiger partial charge on any atom is 0.197 e. The number of allylic oxidation sites excluding steroid dienone is 1. The highest BCUT2D eigenvalue weighted by Crippen LogP contribution is 2.33. The zero-order valence-electron chi connectivity index (χ0n) is 15.8. The van der Waals surface area contributed by atoms with Crippen LogP contribution in [-0.2, 0) is 0 Å². The third-order valence-electron chi connectivity index (χ3n) is 5.60. The molecule has 0 aliphatic heterocycles. The molecule has 0 amide bonds. The number of Topliss-reactive ketones (excluding diaryl/α,β-unsaturated/α-hetero) is 2. The number of aromatic nitrogens is 1. The number of hydrogen-bond acceptors (Lipinski definition) is 3. The van der Waals surface area contributed by atoms with Crippen molar-refractivity contribution in [3.05, 3.63) is 107 Å². The molecular weight excluding hydrogens is 390 g/mol. The lowest BCUT2D eigenvalue weighted by Crippen LogP contribution is -1.99. The maximum atomic E-state index is 13.0. The molecule has 3 aromatic carbocycles. The van der Waals surface area contributed by atoms with E-state index in [0.717, 1.165) is 26.2 Å². The van der Waals surface area contributed by atoms with E-state index in [-0.39, 0.29) is 17.1 Å². The Kier molecular flexibility index (Phi) is 3.64. The number of carbonyl (C=O) groups is 2. The molecule has 2 heterocycles. The fourth-order valence-electron chi connectivity index (χ4n) is 4.11. The Labute approximate surface area is 176 Å². The van der Waals surface area contributed by atoms with Crippen molar-refractivity contribution in [2.45, 2.75) is 0 Å². The number of nitrogens with zero attached hydrogens (tertiary/aromatic N) is 1. The predicted molar refractivity (Wildman–Crippen MR) is 122 cm³/mol. The molecule has 4 heteroatoms. The van der Waals surface area contributed by atoms with E-state index in [4.69, 9.17) is 0 Å². The van der Waals surface area contributed by atoms with Gasteiger partial charge < -0.3 is 4.57 Å². The summed E-state index contributed by atoms with van der Waals surface area (Å²) in [4.78, 5) is 26.8. The molecule has 0 spiro atoms. The fraction of sp³-hybridized carbons (Fsp3) is 0. The standard InChI is InChI=1S/C26H15NO2S/c28-25-20-13-17-6-1-2-7-18(17)14-21(20)26(29)22(25)15-19-9-10-24(30-19)27-12-11-16-5-3-4-8-23(16)27/h1-15H. The minimum absolute atomic E-state index is 0.192. The van der Waals surface area contributed by atoms with Gasteiger partial charge >= 0.3 is 0 Å². The summed E-state index contributed by atoms with van der Waals surface area (Å²) in [6.07, 6.45) is 3.77. The van der Waals surface area contributed by atoms with Gasteiger partial charge in [0, 0.05) is 22.2 Å². The van der Waals surface area contributed by atoms with Crippen LogP contribution in [0.15, 0.2) is 90.6 Å². The SMILES string of the molecule is O=C1C(=Cc2ccc(-n3ccc4ccccc43)s2)C(=O)c2cc3ccccc3cc21. The summed E-state index contributed by atoms with van der Waals surface area (Å²) in [6.45, 7) is 0. The van der Waals surface area contributed by atoms with Gasteiger partial charge in [0.1, 0.15) is 5.00 Å². The van der Waals surface area contributed by atoms with E-state index in [1.807, 2.05) is 66.9 Å². The zero-order chi connectivity index (χ0) is 20.2. The number of benzene rings is 3. The Hall–Kier alpha value is -3.76. The molecular formula is C26H15NO2S. The predicted octanol–water partition coefficient (Wildman–Crippen LogP) is 6.31. The number of carbonyl (C=O) groups excluding carboxylic acids is 2. The number of para-hydroxylation sites is 1. The highest BCUT2D eigenvalue weighted by atomic mass is 32.1. The lowest BCUT2D eigenvalue weighted by molar-refractivity contribution is 0.0990. The molecule has 0 saturated carbocycles. The van der Waals surface area contributed by atoms with Crippen LogP contribution in [0.2, 0.25) is 0 Å². The van der Waals surface area contributed by atoms with Crippen LogP contribution in [0.4, 0.5) is 0 Å². The van der Waals surface area contributed by atoms with Gasteiger partial charge in [-0.1, -0.05) is 42.5 Å². The molecule has 2 aromatic heterocycles. The van der Waals surface area contributed by atoms with Crippen LogP contribution in [0.1, 0.15) is 25.6 Å². The molecule has 0 unspecified atom stereocenters. The molecule has 0 atom stereocenters. The summed E-state index contributed by atoms with van der Waals surface area (Å²) in [5.74, 6) is -0.385. The largest absolute Gasteiger partial charge is 0.308 e. The van der Waals surface area contributed by atoms with Gasteiger partial charge in [0.25, 0.3) is 0 Å². The molecule has 0 N–H and O–H groups in total. The first-order valence-corrected chi connectivity index (χ1v) is 10.5. The zero-order valence-corrected chi connectivity index (χ0v) is 16.6. The second kappa shape index (κ2) is 6.37. The van der Waals surface area contributed by atoms with E-state index in [0.29, 0.717) is 11.1 Å². The normalized spacial score (nSPS) is 13.4. The van der Waals surface area contributed by atoms with Crippen LogP contribution in [-0.4, -0.2) is 16.1 Å². The van der Waals surface area contributed by atoms with Gasteiger partial charge in [-0.05, 0) is 58.6 Å². The minimum atomic E-state index is -0.192. The van der Waals surface area contributed by atoms with Gasteiger partial charge in [-0.2, -0.15) is 0 Å². The van der Waals surface area contributed by atoms with Gasteiger partial charge in [-0.15, -0.1) is 11.3 Å². The summed E-state index contributed by atoms with van der Waals surface area (Å²) >= 11 is 1.56.